The molecule has 200 valence electrons. The second-order valence-electron chi connectivity index (χ2n) is 10.9. The van der Waals surface area contributed by atoms with Gasteiger partial charge in [-0.05, 0) is 63.5 Å². The van der Waals surface area contributed by atoms with E-state index in [9.17, 15) is 14.7 Å². The smallest absolute Gasteiger partial charge is 0.291 e. The van der Waals surface area contributed by atoms with Crippen molar-refractivity contribution in [2.24, 2.45) is 0 Å². The van der Waals surface area contributed by atoms with Crippen LogP contribution in [0.2, 0.25) is 0 Å². The Labute approximate surface area is 223 Å². The van der Waals surface area contributed by atoms with Crippen LogP contribution in [0.4, 0.5) is 5.82 Å². The van der Waals surface area contributed by atoms with Gasteiger partial charge in [0.05, 0.1) is 29.3 Å². The lowest BCUT2D eigenvalue weighted by molar-refractivity contribution is 0.0556. The predicted octanol–water partition coefficient (Wildman–Crippen LogP) is 2.61. The highest BCUT2D eigenvalue weighted by Gasteiger charge is 2.45. The average Bonchev–Trinajstić information content (AvgIpc) is 3.66. The Morgan fingerprint density at radius 1 is 1.10 bits per heavy atom. The van der Waals surface area contributed by atoms with E-state index < -0.39 is 6.10 Å². The number of nitrogens with zero attached hydrogens (tertiary/aromatic N) is 7. The van der Waals surface area contributed by atoms with Gasteiger partial charge in [-0.25, -0.2) is 9.97 Å². The second-order valence-corrected chi connectivity index (χ2v) is 10.9. The lowest BCUT2D eigenvalue weighted by Gasteiger charge is -2.38. The molecule has 4 aromatic rings. The van der Waals surface area contributed by atoms with Crippen molar-refractivity contribution in [2.45, 2.75) is 76.0 Å². The molecule has 4 aromatic heterocycles. The number of carbonyl (C=O) groups is 2. The Bertz CT molecular complexity index is 1600. The number of Topliss-reactive ketones (excluding diaryl/α,β-unsaturated/α-hetero) is 1. The largest absolute Gasteiger partial charge is 0.387 e. The Kier molecular flexibility index (Phi) is 5.48. The highest BCUT2D eigenvalue weighted by Crippen LogP contribution is 2.45. The normalized spacial score (nSPS) is 24.2. The molecule has 4 N–H and O–H groups in total. The summed E-state index contributed by atoms with van der Waals surface area (Å²) in [5.41, 5.74) is 11.6. The number of amides is 1. The first-order chi connectivity index (χ1) is 18.9. The van der Waals surface area contributed by atoms with E-state index in [4.69, 9.17) is 10.7 Å². The Morgan fingerprint density at radius 3 is 2.62 bits per heavy atom. The van der Waals surface area contributed by atoms with E-state index in [2.05, 4.69) is 25.3 Å². The van der Waals surface area contributed by atoms with Crippen LogP contribution >= 0.6 is 0 Å². The third-order valence-corrected chi connectivity index (χ3v) is 8.59. The summed E-state index contributed by atoms with van der Waals surface area (Å²) in [5, 5.41) is 21.3. The molecule has 1 aliphatic carbocycles. The van der Waals surface area contributed by atoms with Gasteiger partial charge in [-0.3, -0.25) is 19.7 Å². The molecule has 0 radical (unpaired) electrons. The number of carbonyl (C=O) groups excluding carboxylic acids is 2. The van der Waals surface area contributed by atoms with Crippen molar-refractivity contribution in [1.82, 2.24) is 39.7 Å². The number of nitrogens with two attached hydrogens (primary N) is 1. The number of piperidine rings is 1. The number of H-pyrrole nitrogens is 1. The van der Waals surface area contributed by atoms with E-state index in [-0.39, 0.29) is 41.3 Å². The molecule has 12 nitrogen and oxygen atoms in total. The highest BCUT2D eigenvalue weighted by molar-refractivity contribution is 6.00. The summed E-state index contributed by atoms with van der Waals surface area (Å²) < 4.78 is 1.53. The van der Waals surface area contributed by atoms with Crippen LogP contribution in [-0.4, -0.2) is 68.5 Å². The zero-order valence-electron chi connectivity index (χ0n) is 21.5. The molecule has 39 heavy (non-hydrogen) atoms. The standard InChI is InChI=1S/C27H29N9O3/c1-13(37)21-23(15-8-17-5-6-18(9-15)35(17)27(39)25-30-12-31-34-25)33-26-19(11-32-36(26)24(21)28)16-7-14-3-2-4-20(38)22(14)29-10-16/h7,10-12,15,17-18,20,38H,2-6,8-9,28H2,1H3,(H,30,31,34)/t17-,18-,20?/m1/s1. The van der Waals surface area contributed by atoms with Crippen molar-refractivity contribution in [3.63, 3.8) is 0 Å². The first-order valence-electron chi connectivity index (χ1n) is 13.4. The third-order valence-electron chi connectivity index (χ3n) is 8.59. The number of anilines is 1. The van der Waals surface area contributed by atoms with E-state index in [0.29, 0.717) is 29.7 Å². The number of nitrogen functional groups attached to an aromatic ring is 1. The number of aromatic amines is 1. The Morgan fingerprint density at radius 2 is 1.90 bits per heavy atom. The zero-order chi connectivity index (χ0) is 26.8. The maximum Gasteiger partial charge on any atom is 0.291 e. The zero-order valence-corrected chi connectivity index (χ0v) is 21.5. The summed E-state index contributed by atoms with van der Waals surface area (Å²) >= 11 is 0. The number of ketones is 1. The van der Waals surface area contributed by atoms with Gasteiger partial charge in [0, 0.05) is 35.3 Å². The molecule has 6 heterocycles. The number of rotatable bonds is 4. The van der Waals surface area contributed by atoms with Gasteiger partial charge in [-0.1, -0.05) is 0 Å². The molecule has 0 aromatic carbocycles. The summed E-state index contributed by atoms with van der Waals surface area (Å²) in [6.07, 6.45) is 9.87. The monoisotopic (exact) mass is 527 g/mol. The Hall–Kier alpha value is -4.19. The molecule has 0 spiro atoms. The minimum Gasteiger partial charge on any atom is -0.387 e. The predicted molar refractivity (Wildman–Crippen MR) is 140 cm³/mol. The molecular weight excluding hydrogens is 498 g/mol. The molecule has 2 aliphatic heterocycles. The van der Waals surface area contributed by atoms with Crippen LogP contribution in [-0.2, 0) is 6.42 Å². The van der Waals surface area contributed by atoms with Crippen molar-refractivity contribution in [2.75, 3.05) is 5.73 Å². The van der Waals surface area contributed by atoms with Gasteiger partial charge in [0.1, 0.15) is 12.1 Å². The van der Waals surface area contributed by atoms with Crippen molar-refractivity contribution >= 4 is 23.2 Å². The van der Waals surface area contributed by atoms with Crippen LogP contribution in [0.15, 0.2) is 24.8 Å². The summed E-state index contributed by atoms with van der Waals surface area (Å²) in [4.78, 5) is 41.6. The van der Waals surface area contributed by atoms with Crippen molar-refractivity contribution < 1.29 is 14.7 Å². The van der Waals surface area contributed by atoms with Crippen LogP contribution in [0, 0.1) is 0 Å². The van der Waals surface area contributed by atoms with Gasteiger partial charge in [-0.2, -0.15) is 14.7 Å². The fourth-order valence-electron chi connectivity index (χ4n) is 6.85. The van der Waals surface area contributed by atoms with Gasteiger partial charge in [0.15, 0.2) is 11.4 Å². The molecule has 2 saturated heterocycles. The number of pyridine rings is 1. The van der Waals surface area contributed by atoms with Crippen molar-refractivity contribution in [3.05, 3.63) is 53.1 Å². The van der Waals surface area contributed by atoms with E-state index >= 15 is 0 Å². The molecule has 1 unspecified atom stereocenters. The number of aryl methyl sites for hydroxylation is 1. The number of hydrogen-bond donors (Lipinski definition) is 3. The molecule has 2 fully saturated rings. The number of aliphatic hydroxyl groups excluding tert-OH is 1. The summed E-state index contributed by atoms with van der Waals surface area (Å²) in [6, 6.07) is 2.09. The SMILES string of the molecule is CC(=O)c1c(C2C[C@H]3CC[C@H](C2)N3C(=O)c2ncn[nH]2)nc2c(-c3cnc4c(c3)CCCC4O)cnn2c1N. The molecule has 1 amide bonds. The summed E-state index contributed by atoms with van der Waals surface area (Å²) in [5.74, 6) is 0.172. The topological polar surface area (TPSA) is 168 Å². The lowest BCUT2D eigenvalue weighted by atomic mass is 9.85. The minimum atomic E-state index is -0.539. The summed E-state index contributed by atoms with van der Waals surface area (Å²) in [6.45, 7) is 1.50. The molecule has 12 heteroatoms. The summed E-state index contributed by atoms with van der Waals surface area (Å²) in [7, 11) is 0. The van der Waals surface area contributed by atoms with Crippen LogP contribution in [0.3, 0.4) is 0 Å². The quantitative estimate of drug-likeness (QED) is 0.338. The fourth-order valence-corrected chi connectivity index (χ4v) is 6.85. The highest BCUT2D eigenvalue weighted by atomic mass is 16.3. The number of aromatic nitrogens is 7. The number of nitrogens with one attached hydrogen (secondary N) is 1. The maximum atomic E-state index is 13.1. The van der Waals surface area contributed by atoms with E-state index in [1.54, 1.807) is 12.4 Å². The fraction of sp³-hybridized carbons (Fsp3) is 0.444. The van der Waals surface area contributed by atoms with Crippen molar-refractivity contribution in [3.8, 4) is 11.1 Å². The maximum absolute atomic E-state index is 13.1. The molecular formula is C27H29N9O3. The number of aliphatic hydroxyl groups is 1. The van der Waals surface area contributed by atoms with Crippen LogP contribution in [0.25, 0.3) is 16.8 Å². The third kappa shape index (κ3) is 3.73. The molecule has 7 rings (SSSR count). The van der Waals surface area contributed by atoms with Gasteiger partial charge in [0.2, 0.25) is 5.82 Å². The first-order valence-corrected chi connectivity index (χ1v) is 13.4. The first kappa shape index (κ1) is 23.9. The van der Waals surface area contributed by atoms with Crippen LogP contribution in [0.5, 0.6) is 0 Å². The van der Waals surface area contributed by atoms with Crippen LogP contribution in [0.1, 0.15) is 95.4 Å². The average molecular weight is 528 g/mol. The van der Waals surface area contributed by atoms with Crippen LogP contribution < -0.4 is 5.73 Å². The lowest BCUT2D eigenvalue weighted by Crippen LogP contribution is -2.46. The van der Waals surface area contributed by atoms with E-state index in [0.717, 1.165) is 54.5 Å². The van der Waals surface area contributed by atoms with Gasteiger partial charge < -0.3 is 15.7 Å². The minimum absolute atomic E-state index is 0.0195. The number of fused-ring (bicyclic) bond motifs is 4. The van der Waals surface area contributed by atoms with Crippen molar-refractivity contribution in [1.29, 1.82) is 0 Å². The molecule has 0 saturated carbocycles. The van der Waals surface area contributed by atoms with E-state index in [1.165, 1.54) is 17.8 Å². The molecule has 3 atom stereocenters. The molecule has 3 aliphatic rings. The number of hydrogen-bond acceptors (Lipinski definition) is 9. The second kappa shape index (κ2) is 8.94. The Balaban J connectivity index is 1.29. The van der Waals surface area contributed by atoms with E-state index in [1.807, 2.05) is 11.0 Å². The van der Waals surface area contributed by atoms with Gasteiger partial charge >= 0.3 is 0 Å². The molecule has 2 bridgehead atoms. The van der Waals surface area contributed by atoms with Gasteiger partial charge in [0.25, 0.3) is 5.91 Å². The van der Waals surface area contributed by atoms with Gasteiger partial charge in [-0.15, -0.1) is 0 Å².